The number of hydrogen-bond acceptors (Lipinski definition) is 6. The summed E-state index contributed by atoms with van der Waals surface area (Å²) in [5.74, 6) is -0.382. The van der Waals surface area contributed by atoms with Crippen molar-refractivity contribution in [2.24, 2.45) is 0 Å². The highest BCUT2D eigenvalue weighted by Crippen LogP contribution is 2.32. The van der Waals surface area contributed by atoms with Gasteiger partial charge in [0.2, 0.25) is 11.8 Å². The van der Waals surface area contributed by atoms with Crippen LogP contribution in [-0.2, 0) is 32.6 Å². The predicted molar refractivity (Wildman–Crippen MR) is 180 cm³/mol. The van der Waals surface area contributed by atoms with Crippen molar-refractivity contribution in [3.05, 3.63) is 119 Å². The van der Waals surface area contributed by atoms with Crippen LogP contribution in [0.1, 0.15) is 25.0 Å². The molecule has 242 valence electrons. The average Bonchev–Trinajstić information content (AvgIpc) is 3.06. The number of rotatable bonds is 14. The highest BCUT2D eigenvalue weighted by Gasteiger charge is 2.35. The Labute approximate surface area is 275 Å². The third kappa shape index (κ3) is 8.38. The molecule has 0 aliphatic rings. The Morgan fingerprint density at radius 1 is 0.826 bits per heavy atom. The smallest absolute Gasteiger partial charge is 0.264 e. The number of benzene rings is 4. The molecule has 0 aliphatic heterocycles. The second-order valence-corrected chi connectivity index (χ2v) is 13.1. The van der Waals surface area contributed by atoms with Gasteiger partial charge in [0.05, 0.1) is 24.8 Å². The summed E-state index contributed by atoms with van der Waals surface area (Å²) in [4.78, 5) is 29.6. The molecule has 11 heteroatoms. The Morgan fingerprint density at radius 2 is 1.43 bits per heavy atom. The Hall–Kier alpha value is -4.54. The lowest BCUT2D eigenvalue weighted by Gasteiger charge is -2.34. The van der Waals surface area contributed by atoms with Crippen molar-refractivity contribution in [1.29, 1.82) is 0 Å². The first-order valence-electron chi connectivity index (χ1n) is 14.7. The van der Waals surface area contributed by atoms with Gasteiger partial charge in [-0.15, -0.1) is 0 Å². The molecule has 4 rings (SSSR count). The van der Waals surface area contributed by atoms with E-state index in [2.05, 4.69) is 5.32 Å². The van der Waals surface area contributed by atoms with Crippen LogP contribution in [0.15, 0.2) is 108 Å². The van der Waals surface area contributed by atoms with E-state index in [1.807, 2.05) is 44.2 Å². The summed E-state index contributed by atoms with van der Waals surface area (Å²) in [6.07, 6.45) is 0.198. The summed E-state index contributed by atoms with van der Waals surface area (Å²) in [6, 6.07) is 27.8. The van der Waals surface area contributed by atoms with E-state index >= 15 is 0 Å². The molecular formula is C35H38ClN3O6S. The quantitative estimate of drug-likeness (QED) is 0.185. The van der Waals surface area contributed by atoms with Crippen molar-refractivity contribution in [2.45, 2.75) is 43.8 Å². The lowest BCUT2D eigenvalue weighted by molar-refractivity contribution is -0.140. The highest BCUT2D eigenvalue weighted by molar-refractivity contribution is 7.92. The SMILES string of the molecule is COc1ccc(S(=O)(=O)N(CC(=O)N(Cc2ccccc2Cl)C(Cc2ccccc2)C(=O)NC(C)C)c2ccccc2)cc1OC. The fourth-order valence-corrected chi connectivity index (χ4v) is 6.60. The van der Waals surface area contributed by atoms with Crippen LogP contribution >= 0.6 is 11.6 Å². The van der Waals surface area contributed by atoms with Gasteiger partial charge in [-0.05, 0) is 55.3 Å². The fraction of sp³-hybridized carbons (Fsp3) is 0.257. The number of methoxy groups -OCH3 is 2. The summed E-state index contributed by atoms with van der Waals surface area (Å²) in [5.41, 5.74) is 1.72. The number of halogens is 1. The Bertz CT molecular complexity index is 1740. The van der Waals surface area contributed by atoms with E-state index in [0.29, 0.717) is 16.3 Å². The predicted octanol–water partition coefficient (Wildman–Crippen LogP) is 5.72. The summed E-state index contributed by atoms with van der Waals surface area (Å²) in [6.45, 7) is 3.06. The first kappa shape index (κ1) is 34.3. The van der Waals surface area contributed by atoms with E-state index in [1.54, 1.807) is 54.6 Å². The number of nitrogens with zero attached hydrogens (tertiary/aromatic N) is 2. The summed E-state index contributed by atoms with van der Waals surface area (Å²) < 4.78 is 40.2. The second-order valence-electron chi connectivity index (χ2n) is 10.8. The van der Waals surface area contributed by atoms with Gasteiger partial charge in [-0.25, -0.2) is 8.42 Å². The largest absolute Gasteiger partial charge is 0.493 e. The molecule has 4 aromatic carbocycles. The van der Waals surface area contributed by atoms with Gasteiger partial charge in [0.15, 0.2) is 11.5 Å². The van der Waals surface area contributed by atoms with E-state index < -0.39 is 28.5 Å². The first-order valence-corrected chi connectivity index (χ1v) is 16.5. The molecular weight excluding hydrogens is 626 g/mol. The maximum absolute atomic E-state index is 14.5. The van der Waals surface area contributed by atoms with E-state index in [9.17, 15) is 18.0 Å². The molecule has 0 aromatic heterocycles. The van der Waals surface area contributed by atoms with Crippen LogP contribution in [0.2, 0.25) is 5.02 Å². The molecule has 0 fully saturated rings. The standard InChI is InChI=1S/C35H38ClN3O6S/c1-25(2)37-35(41)31(21-26-13-7-5-8-14-26)38(23-27-15-11-12-18-30(27)36)34(40)24-39(28-16-9-6-10-17-28)46(42,43)29-19-20-32(44-3)33(22-29)45-4/h5-20,22,25,31H,21,23-24H2,1-4H3,(H,37,41). The third-order valence-electron chi connectivity index (χ3n) is 7.27. The van der Waals surface area contributed by atoms with Crippen LogP contribution in [0.3, 0.4) is 0 Å². The molecule has 1 N–H and O–H groups in total. The van der Waals surface area contributed by atoms with Crippen molar-refractivity contribution in [2.75, 3.05) is 25.1 Å². The molecule has 4 aromatic rings. The van der Waals surface area contributed by atoms with Gasteiger partial charge in [-0.3, -0.25) is 13.9 Å². The summed E-state index contributed by atoms with van der Waals surface area (Å²) in [7, 11) is -1.46. The van der Waals surface area contributed by atoms with Gasteiger partial charge in [-0.1, -0.05) is 78.3 Å². The van der Waals surface area contributed by atoms with Gasteiger partial charge in [0.1, 0.15) is 12.6 Å². The van der Waals surface area contributed by atoms with Gasteiger partial charge in [0.25, 0.3) is 10.0 Å². The number of carbonyl (C=O) groups excluding carboxylic acids is 2. The molecule has 0 spiro atoms. The van der Waals surface area contributed by atoms with Crippen LogP contribution in [0, 0.1) is 0 Å². The van der Waals surface area contributed by atoms with Crippen molar-refractivity contribution in [3.63, 3.8) is 0 Å². The molecule has 0 saturated carbocycles. The molecule has 0 heterocycles. The van der Waals surface area contributed by atoms with Crippen LogP contribution in [0.5, 0.6) is 11.5 Å². The van der Waals surface area contributed by atoms with Crippen molar-refractivity contribution >= 4 is 39.1 Å². The third-order valence-corrected chi connectivity index (χ3v) is 9.41. The zero-order valence-electron chi connectivity index (χ0n) is 26.2. The Morgan fingerprint density at radius 3 is 2.04 bits per heavy atom. The molecule has 0 bridgehead atoms. The minimum Gasteiger partial charge on any atom is -0.493 e. The zero-order valence-corrected chi connectivity index (χ0v) is 27.8. The van der Waals surface area contributed by atoms with E-state index in [4.69, 9.17) is 21.1 Å². The molecule has 0 saturated heterocycles. The molecule has 9 nitrogen and oxygen atoms in total. The number of para-hydroxylation sites is 1. The lowest BCUT2D eigenvalue weighted by Crippen LogP contribution is -2.54. The molecule has 1 atom stereocenters. The number of nitrogens with one attached hydrogen (secondary N) is 1. The normalized spacial score (nSPS) is 11.9. The minimum absolute atomic E-state index is 0.0272. The van der Waals surface area contributed by atoms with Gasteiger partial charge in [0, 0.05) is 30.1 Å². The van der Waals surface area contributed by atoms with Crippen LogP contribution in [-0.4, -0.2) is 58.0 Å². The molecule has 2 amide bonds. The number of ether oxygens (including phenoxy) is 2. The van der Waals surface area contributed by atoms with Crippen molar-refractivity contribution in [1.82, 2.24) is 10.2 Å². The monoisotopic (exact) mass is 663 g/mol. The van der Waals surface area contributed by atoms with E-state index in [-0.39, 0.29) is 41.2 Å². The summed E-state index contributed by atoms with van der Waals surface area (Å²) in [5, 5.41) is 3.36. The number of sulfonamides is 1. The van der Waals surface area contributed by atoms with Gasteiger partial charge >= 0.3 is 0 Å². The zero-order chi connectivity index (χ0) is 33.3. The number of amides is 2. The molecule has 0 aliphatic carbocycles. The van der Waals surface area contributed by atoms with Crippen LogP contribution in [0.4, 0.5) is 5.69 Å². The molecule has 0 radical (unpaired) electrons. The number of carbonyl (C=O) groups is 2. The van der Waals surface area contributed by atoms with Crippen LogP contribution in [0.25, 0.3) is 0 Å². The Balaban J connectivity index is 1.82. The van der Waals surface area contributed by atoms with Crippen molar-refractivity contribution in [3.8, 4) is 11.5 Å². The Kier molecular flexibility index (Phi) is 11.7. The highest BCUT2D eigenvalue weighted by atomic mass is 35.5. The first-order chi connectivity index (χ1) is 22.0. The van der Waals surface area contributed by atoms with Gasteiger partial charge < -0.3 is 19.7 Å². The average molecular weight is 664 g/mol. The van der Waals surface area contributed by atoms with E-state index in [0.717, 1.165) is 9.87 Å². The maximum Gasteiger partial charge on any atom is 0.264 e. The minimum atomic E-state index is -4.32. The molecule has 46 heavy (non-hydrogen) atoms. The maximum atomic E-state index is 14.5. The van der Waals surface area contributed by atoms with Crippen molar-refractivity contribution < 1.29 is 27.5 Å². The van der Waals surface area contributed by atoms with E-state index in [1.165, 1.54) is 37.3 Å². The van der Waals surface area contributed by atoms with Gasteiger partial charge in [-0.2, -0.15) is 0 Å². The summed E-state index contributed by atoms with van der Waals surface area (Å²) >= 11 is 6.54. The molecule has 1 unspecified atom stereocenters. The fourth-order valence-electron chi connectivity index (χ4n) is 4.97. The topological polar surface area (TPSA) is 105 Å². The van der Waals surface area contributed by atoms with Crippen LogP contribution < -0.4 is 19.1 Å². The number of anilines is 1. The second kappa shape index (κ2) is 15.6. The lowest BCUT2D eigenvalue weighted by atomic mass is 10.0. The number of hydrogen-bond donors (Lipinski definition) is 1.